The Hall–Kier alpha value is -2.29. The molecule has 0 radical (unpaired) electrons. The molecule has 1 aliphatic heterocycles. The number of anilines is 1. The zero-order chi connectivity index (χ0) is 22.4. The lowest BCUT2D eigenvalue weighted by atomic mass is 10.3. The normalized spacial score (nSPS) is 15.0. The third kappa shape index (κ3) is 5.70. The van der Waals surface area contributed by atoms with Gasteiger partial charge in [-0.1, -0.05) is 18.5 Å². The van der Waals surface area contributed by atoms with Crippen molar-refractivity contribution in [3.05, 3.63) is 53.6 Å². The van der Waals surface area contributed by atoms with E-state index in [-0.39, 0.29) is 17.3 Å². The Morgan fingerprint density at radius 1 is 1.00 bits per heavy atom. The summed E-state index contributed by atoms with van der Waals surface area (Å²) in [7, 11) is -3.97. The Balaban J connectivity index is 1.88. The number of piperazine rings is 1. The molecule has 2 aromatic carbocycles. The highest BCUT2D eigenvalue weighted by molar-refractivity contribution is 7.92. The molecule has 1 heterocycles. The molecule has 2 aromatic rings. The van der Waals surface area contributed by atoms with Crippen molar-refractivity contribution in [3.63, 3.8) is 0 Å². The van der Waals surface area contributed by atoms with Crippen LogP contribution in [0.5, 0.6) is 5.75 Å². The predicted molar refractivity (Wildman–Crippen MR) is 122 cm³/mol. The lowest BCUT2D eigenvalue weighted by molar-refractivity contribution is -0.131. The van der Waals surface area contributed by atoms with Crippen molar-refractivity contribution in [1.29, 1.82) is 0 Å². The van der Waals surface area contributed by atoms with E-state index in [1.165, 1.54) is 24.3 Å². The van der Waals surface area contributed by atoms with Crippen molar-refractivity contribution in [2.75, 3.05) is 50.2 Å². The van der Waals surface area contributed by atoms with Gasteiger partial charge in [-0.15, -0.1) is 0 Å². The summed E-state index contributed by atoms with van der Waals surface area (Å²) >= 11 is 5.93. The molecule has 9 heteroatoms. The molecule has 0 unspecified atom stereocenters. The molecule has 0 atom stereocenters. The average Bonchev–Trinajstić information content (AvgIpc) is 2.78. The smallest absolute Gasteiger partial charge is 0.264 e. The molecular weight excluding hydrogens is 438 g/mol. The summed E-state index contributed by atoms with van der Waals surface area (Å²) in [5, 5.41) is 0.441. The molecule has 1 aliphatic rings. The van der Waals surface area contributed by atoms with Gasteiger partial charge in [-0.25, -0.2) is 8.42 Å². The van der Waals surface area contributed by atoms with E-state index in [1.54, 1.807) is 29.2 Å². The van der Waals surface area contributed by atoms with Gasteiger partial charge in [0.15, 0.2) is 0 Å². The molecule has 31 heavy (non-hydrogen) atoms. The maximum absolute atomic E-state index is 13.4. The van der Waals surface area contributed by atoms with Gasteiger partial charge in [0.25, 0.3) is 10.0 Å². The van der Waals surface area contributed by atoms with Crippen LogP contribution in [0.3, 0.4) is 0 Å². The first-order chi connectivity index (χ1) is 14.8. The Kier molecular flexibility index (Phi) is 7.80. The summed E-state index contributed by atoms with van der Waals surface area (Å²) in [6, 6.07) is 12.7. The lowest BCUT2D eigenvalue weighted by Crippen LogP contribution is -2.51. The summed E-state index contributed by atoms with van der Waals surface area (Å²) in [4.78, 5) is 17.1. The van der Waals surface area contributed by atoms with Crippen LogP contribution >= 0.6 is 11.6 Å². The van der Waals surface area contributed by atoms with Gasteiger partial charge in [0.2, 0.25) is 5.91 Å². The Bertz CT molecular complexity index is 973. The molecule has 0 aromatic heterocycles. The molecule has 168 valence electrons. The fourth-order valence-electron chi connectivity index (χ4n) is 3.46. The Morgan fingerprint density at radius 3 is 2.16 bits per heavy atom. The summed E-state index contributed by atoms with van der Waals surface area (Å²) in [6.07, 6.45) is 0. The van der Waals surface area contributed by atoms with E-state index in [1.807, 2.05) is 6.92 Å². The maximum atomic E-state index is 13.4. The van der Waals surface area contributed by atoms with Crippen molar-refractivity contribution >= 4 is 33.2 Å². The number of rotatable bonds is 8. The highest BCUT2D eigenvalue weighted by atomic mass is 35.5. The van der Waals surface area contributed by atoms with Crippen LogP contribution in [0, 0.1) is 0 Å². The van der Waals surface area contributed by atoms with Crippen LogP contribution in [-0.4, -0.2) is 70.0 Å². The number of ether oxygens (including phenoxy) is 1. The number of benzene rings is 2. The number of amides is 1. The molecule has 0 bridgehead atoms. The summed E-state index contributed by atoms with van der Waals surface area (Å²) in [6.45, 7) is 7.89. The van der Waals surface area contributed by atoms with Gasteiger partial charge >= 0.3 is 0 Å². The van der Waals surface area contributed by atoms with Gasteiger partial charge < -0.3 is 14.5 Å². The zero-order valence-electron chi connectivity index (χ0n) is 17.8. The topological polar surface area (TPSA) is 70.2 Å². The van der Waals surface area contributed by atoms with E-state index in [9.17, 15) is 13.2 Å². The fraction of sp³-hybridized carbons (Fsp3) is 0.409. The fourth-order valence-corrected chi connectivity index (χ4v) is 5.00. The second-order valence-corrected chi connectivity index (χ2v) is 9.51. The highest BCUT2D eigenvalue weighted by Crippen LogP contribution is 2.27. The third-order valence-electron chi connectivity index (χ3n) is 5.29. The number of hydrogen-bond acceptors (Lipinski definition) is 5. The minimum atomic E-state index is -3.97. The Labute approximate surface area is 189 Å². The average molecular weight is 466 g/mol. The van der Waals surface area contributed by atoms with E-state index in [2.05, 4.69) is 11.8 Å². The van der Waals surface area contributed by atoms with Crippen LogP contribution in [0.1, 0.15) is 13.8 Å². The van der Waals surface area contributed by atoms with E-state index >= 15 is 0 Å². The first-order valence-corrected chi connectivity index (χ1v) is 12.2. The van der Waals surface area contributed by atoms with Crippen LogP contribution in [0.15, 0.2) is 53.4 Å². The van der Waals surface area contributed by atoms with Crippen molar-refractivity contribution in [2.24, 2.45) is 0 Å². The van der Waals surface area contributed by atoms with E-state index in [0.717, 1.165) is 23.9 Å². The summed E-state index contributed by atoms with van der Waals surface area (Å²) in [5.74, 6) is 0.416. The molecule has 1 fully saturated rings. The third-order valence-corrected chi connectivity index (χ3v) is 7.33. The van der Waals surface area contributed by atoms with Crippen LogP contribution in [0.2, 0.25) is 5.02 Å². The largest absolute Gasteiger partial charge is 0.494 e. The van der Waals surface area contributed by atoms with Gasteiger partial charge in [-0.05, 0) is 62.0 Å². The lowest BCUT2D eigenvalue weighted by Gasteiger charge is -2.35. The van der Waals surface area contributed by atoms with Crippen LogP contribution < -0.4 is 9.04 Å². The van der Waals surface area contributed by atoms with E-state index in [4.69, 9.17) is 16.3 Å². The van der Waals surface area contributed by atoms with Gasteiger partial charge in [0.05, 0.1) is 17.2 Å². The van der Waals surface area contributed by atoms with Gasteiger partial charge in [-0.2, -0.15) is 0 Å². The van der Waals surface area contributed by atoms with Crippen molar-refractivity contribution < 1.29 is 17.9 Å². The predicted octanol–water partition coefficient (Wildman–Crippen LogP) is 3.10. The van der Waals surface area contributed by atoms with Crippen LogP contribution in [0.25, 0.3) is 0 Å². The van der Waals surface area contributed by atoms with Crippen molar-refractivity contribution in [1.82, 2.24) is 9.80 Å². The van der Waals surface area contributed by atoms with E-state index in [0.29, 0.717) is 36.2 Å². The number of halogens is 1. The quantitative estimate of drug-likeness (QED) is 0.599. The molecule has 0 spiro atoms. The number of carbonyl (C=O) groups excluding carboxylic acids is 1. The SMILES string of the molecule is CCOc1ccc(N(CC(=O)N2CCN(CC)CC2)S(=O)(=O)c2ccc(Cl)cc2)cc1. The van der Waals surface area contributed by atoms with Crippen molar-refractivity contribution in [3.8, 4) is 5.75 Å². The number of likely N-dealkylation sites (N-methyl/N-ethyl adjacent to an activating group) is 1. The maximum Gasteiger partial charge on any atom is 0.264 e. The Morgan fingerprint density at radius 2 is 1.61 bits per heavy atom. The number of hydrogen-bond donors (Lipinski definition) is 0. The molecule has 0 aliphatic carbocycles. The van der Waals surface area contributed by atoms with Crippen LogP contribution in [-0.2, 0) is 14.8 Å². The summed E-state index contributed by atoms with van der Waals surface area (Å²) < 4.78 is 33.5. The minimum Gasteiger partial charge on any atom is -0.494 e. The van der Waals surface area contributed by atoms with Gasteiger partial charge in [-0.3, -0.25) is 9.10 Å². The second-order valence-electron chi connectivity index (χ2n) is 7.21. The molecule has 3 rings (SSSR count). The number of carbonyl (C=O) groups is 1. The van der Waals surface area contributed by atoms with Gasteiger partial charge in [0.1, 0.15) is 12.3 Å². The molecule has 1 saturated heterocycles. The number of sulfonamides is 1. The highest BCUT2D eigenvalue weighted by Gasteiger charge is 2.30. The van der Waals surface area contributed by atoms with E-state index < -0.39 is 10.0 Å². The van der Waals surface area contributed by atoms with Gasteiger partial charge in [0, 0.05) is 31.2 Å². The van der Waals surface area contributed by atoms with Crippen LogP contribution in [0.4, 0.5) is 5.69 Å². The zero-order valence-corrected chi connectivity index (χ0v) is 19.4. The molecular formula is C22H28ClN3O4S. The first kappa shape index (κ1) is 23.4. The number of nitrogens with zero attached hydrogens (tertiary/aromatic N) is 3. The monoisotopic (exact) mass is 465 g/mol. The first-order valence-electron chi connectivity index (χ1n) is 10.4. The molecule has 7 nitrogen and oxygen atoms in total. The molecule has 1 amide bonds. The minimum absolute atomic E-state index is 0.0781. The summed E-state index contributed by atoms with van der Waals surface area (Å²) in [5.41, 5.74) is 0.402. The van der Waals surface area contributed by atoms with Crippen molar-refractivity contribution in [2.45, 2.75) is 18.7 Å². The molecule has 0 saturated carbocycles. The second kappa shape index (κ2) is 10.3. The molecule has 0 N–H and O–H groups in total. The standard InChI is InChI=1S/C22H28ClN3O4S/c1-3-24-13-15-25(16-14-24)22(27)17-26(19-7-9-20(10-8-19)30-4-2)31(28,29)21-11-5-18(23)6-12-21/h5-12H,3-4,13-17H2,1-2H3.